The highest BCUT2D eigenvalue weighted by Gasteiger charge is 2.29. The zero-order chi connectivity index (χ0) is 20.4. The SMILES string of the molecule is NC1=NS(=O)(=O)Nc2cccc(OC[C@H]3CCCCN3C(=O)c3ccccc3)c21. The van der Waals surface area contributed by atoms with Crippen molar-refractivity contribution in [3.8, 4) is 5.75 Å². The topological polar surface area (TPSA) is 114 Å². The third-order valence-electron chi connectivity index (χ3n) is 5.08. The Bertz CT molecular complexity index is 1050. The number of benzene rings is 2. The maximum Gasteiger partial charge on any atom is 0.344 e. The molecule has 0 spiro atoms. The lowest BCUT2D eigenvalue weighted by atomic mass is 10.0. The summed E-state index contributed by atoms with van der Waals surface area (Å²) in [6, 6.07) is 14.1. The molecule has 4 rings (SSSR count). The van der Waals surface area contributed by atoms with Gasteiger partial charge in [0.05, 0.1) is 17.3 Å². The molecule has 1 amide bonds. The van der Waals surface area contributed by atoms with Gasteiger partial charge in [0.15, 0.2) is 5.84 Å². The molecule has 0 radical (unpaired) electrons. The summed E-state index contributed by atoms with van der Waals surface area (Å²) in [5.41, 5.74) is 7.27. The molecule has 2 aromatic carbocycles. The second kappa shape index (κ2) is 7.75. The van der Waals surface area contributed by atoms with Crippen LogP contribution in [0.3, 0.4) is 0 Å². The molecule has 0 unspecified atom stereocenters. The average molecular weight is 414 g/mol. The van der Waals surface area contributed by atoms with Crippen LogP contribution in [0.2, 0.25) is 0 Å². The van der Waals surface area contributed by atoms with E-state index in [4.69, 9.17) is 10.5 Å². The first-order valence-electron chi connectivity index (χ1n) is 9.45. The molecule has 1 atom stereocenters. The zero-order valence-electron chi connectivity index (χ0n) is 15.7. The number of amides is 1. The zero-order valence-corrected chi connectivity index (χ0v) is 16.6. The Morgan fingerprint density at radius 1 is 1.17 bits per heavy atom. The number of hydrogen-bond acceptors (Lipinski definition) is 5. The molecule has 0 saturated carbocycles. The summed E-state index contributed by atoms with van der Waals surface area (Å²) in [4.78, 5) is 14.8. The first kappa shape index (κ1) is 19.3. The first-order valence-corrected chi connectivity index (χ1v) is 10.9. The van der Waals surface area contributed by atoms with Gasteiger partial charge in [0, 0.05) is 12.1 Å². The van der Waals surface area contributed by atoms with E-state index in [1.165, 1.54) is 0 Å². The lowest BCUT2D eigenvalue weighted by Crippen LogP contribution is -2.46. The van der Waals surface area contributed by atoms with Gasteiger partial charge < -0.3 is 15.4 Å². The Hall–Kier alpha value is -3.07. The summed E-state index contributed by atoms with van der Waals surface area (Å²) in [6.07, 6.45) is 2.81. The van der Waals surface area contributed by atoms with Crippen LogP contribution in [0.1, 0.15) is 35.2 Å². The van der Waals surface area contributed by atoms with Gasteiger partial charge in [-0.25, -0.2) is 0 Å². The number of nitrogens with one attached hydrogen (secondary N) is 1. The highest BCUT2D eigenvalue weighted by molar-refractivity contribution is 7.91. The minimum absolute atomic E-state index is 0.0113. The van der Waals surface area contributed by atoms with E-state index >= 15 is 0 Å². The van der Waals surface area contributed by atoms with Crippen molar-refractivity contribution in [2.45, 2.75) is 25.3 Å². The first-order chi connectivity index (χ1) is 13.9. The molecule has 0 aliphatic carbocycles. The summed E-state index contributed by atoms with van der Waals surface area (Å²) in [5, 5.41) is 0. The summed E-state index contributed by atoms with van der Waals surface area (Å²) >= 11 is 0. The monoisotopic (exact) mass is 414 g/mol. The van der Waals surface area contributed by atoms with Crippen molar-refractivity contribution in [3.63, 3.8) is 0 Å². The lowest BCUT2D eigenvalue weighted by Gasteiger charge is -2.36. The molecule has 2 aromatic rings. The molecule has 29 heavy (non-hydrogen) atoms. The van der Waals surface area contributed by atoms with Crippen LogP contribution >= 0.6 is 0 Å². The second-order valence-electron chi connectivity index (χ2n) is 7.06. The highest BCUT2D eigenvalue weighted by Crippen LogP contribution is 2.31. The van der Waals surface area contributed by atoms with Crippen molar-refractivity contribution in [2.24, 2.45) is 10.1 Å². The minimum atomic E-state index is -3.84. The third-order valence-corrected chi connectivity index (χ3v) is 5.99. The van der Waals surface area contributed by atoms with Crippen LogP contribution in [0.15, 0.2) is 52.9 Å². The van der Waals surface area contributed by atoms with Gasteiger partial charge in [0.25, 0.3) is 5.91 Å². The fourth-order valence-electron chi connectivity index (χ4n) is 3.71. The van der Waals surface area contributed by atoms with E-state index < -0.39 is 10.2 Å². The molecule has 2 aliphatic rings. The molecule has 3 N–H and O–H groups in total. The minimum Gasteiger partial charge on any atom is -0.491 e. The van der Waals surface area contributed by atoms with Gasteiger partial charge in [0.1, 0.15) is 12.4 Å². The van der Waals surface area contributed by atoms with Gasteiger partial charge in [-0.15, -0.1) is 4.40 Å². The predicted molar refractivity (Wildman–Crippen MR) is 110 cm³/mol. The van der Waals surface area contributed by atoms with Gasteiger partial charge in [-0.1, -0.05) is 24.3 Å². The molecule has 152 valence electrons. The molecule has 8 nitrogen and oxygen atoms in total. The molecule has 1 saturated heterocycles. The number of anilines is 1. The van der Waals surface area contributed by atoms with Crippen LogP contribution in [0, 0.1) is 0 Å². The number of carbonyl (C=O) groups excluding carboxylic acids is 1. The molecule has 9 heteroatoms. The van der Waals surface area contributed by atoms with Crippen molar-refractivity contribution in [3.05, 3.63) is 59.7 Å². The lowest BCUT2D eigenvalue weighted by molar-refractivity contribution is 0.0528. The summed E-state index contributed by atoms with van der Waals surface area (Å²) in [5.74, 6) is 0.307. The number of ether oxygens (including phenoxy) is 1. The Labute approximate surface area is 169 Å². The fourth-order valence-corrected chi connectivity index (χ4v) is 4.56. The molecular weight excluding hydrogens is 392 g/mol. The van der Waals surface area contributed by atoms with Crippen LogP contribution in [0.4, 0.5) is 5.69 Å². The smallest absolute Gasteiger partial charge is 0.344 e. The number of piperidine rings is 1. The Morgan fingerprint density at radius 2 is 1.97 bits per heavy atom. The number of likely N-dealkylation sites (tertiary alicyclic amines) is 1. The largest absolute Gasteiger partial charge is 0.491 e. The van der Waals surface area contributed by atoms with E-state index in [0.717, 1.165) is 19.3 Å². The van der Waals surface area contributed by atoms with E-state index in [1.54, 1.807) is 18.2 Å². The Balaban J connectivity index is 1.53. The van der Waals surface area contributed by atoms with E-state index in [9.17, 15) is 13.2 Å². The van der Waals surface area contributed by atoms with Gasteiger partial charge in [0.2, 0.25) is 0 Å². The summed E-state index contributed by atoms with van der Waals surface area (Å²) < 4.78 is 35.3. The Kier molecular flexibility index (Phi) is 5.14. The van der Waals surface area contributed by atoms with Crippen LogP contribution in [0.25, 0.3) is 0 Å². The molecule has 1 fully saturated rings. The number of hydrogen-bond donors (Lipinski definition) is 2. The van der Waals surface area contributed by atoms with Crippen molar-refractivity contribution >= 4 is 27.6 Å². The van der Waals surface area contributed by atoms with Crippen LogP contribution < -0.4 is 15.2 Å². The van der Waals surface area contributed by atoms with E-state index in [0.29, 0.717) is 29.1 Å². The van der Waals surface area contributed by atoms with Crippen molar-refractivity contribution in [1.29, 1.82) is 0 Å². The van der Waals surface area contributed by atoms with Gasteiger partial charge in [-0.3, -0.25) is 9.52 Å². The number of nitrogens with zero attached hydrogens (tertiary/aromatic N) is 2. The van der Waals surface area contributed by atoms with E-state index in [-0.39, 0.29) is 24.4 Å². The number of rotatable bonds is 4. The normalized spacial score (nSPS) is 20.2. The average Bonchev–Trinajstić information content (AvgIpc) is 2.71. The summed E-state index contributed by atoms with van der Waals surface area (Å²) in [7, 11) is -3.84. The van der Waals surface area contributed by atoms with E-state index in [1.807, 2.05) is 35.2 Å². The fraction of sp³-hybridized carbons (Fsp3) is 0.300. The maximum atomic E-state index is 12.9. The quantitative estimate of drug-likeness (QED) is 0.796. The van der Waals surface area contributed by atoms with E-state index in [2.05, 4.69) is 9.12 Å². The van der Waals surface area contributed by atoms with Crippen molar-refractivity contribution < 1.29 is 17.9 Å². The summed E-state index contributed by atoms with van der Waals surface area (Å²) in [6.45, 7) is 0.965. The maximum absolute atomic E-state index is 12.9. The number of fused-ring (bicyclic) bond motifs is 1. The molecule has 2 heterocycles. The molecule has 0 aromatic heterocycles. The van der Waals surface area contributed by atoms with Crippen LogP contribution in [0.5, 0.6) is 5.75 Å². The van der Waals surface area contributed by atoms with Gasteiger partial charge >= 0.3 is 10.2 Å². The van der Waals surface area contributed by atoms with Gasteiger partial charge in [-0.05, 0) is 43.5 Å². The van der Waals surface area contributed by atoms with Crippen molar-refractivity contribution in [1.82, 2.24) is 4.90 Å². The van der Waals surface area contributed by atoms with Crippen molar-refractivity contribution in [2.75, 3.05) is 17.9 Å². The van der Waals surface area contributed by atoms with Crippen LogP contribution in [-0.2, 0) is 10.2 Å². The number of carbonyl (C=O) groups is 1. The second-order valence-corrected chi connectivity index (χ2v) is 8.39. The molecular formula is C20H22N4O4S. The predicted octanol–water partition coefficient (Wildman–Crippen LogP) is 2.14. The highest BCUT2D eigenvalue weighted by atomic mass is 32.2. The third kappa shape index (κ3) is 4.04. The molecule has 0 bridgehead atoms. The standard InChI is InChI=1S/C20H22N4O4S/c21-19-18-16(22-29(26,27)23-19)10-6-11-17(18)28-13-15-9-4-5-12-24(15)20(25)14-7-2-1-3-8-14/h1-3,6-8,10-11,15,22H,4-5,9,12-13H2,(H2,21,23)/t15-/m1/s1. The van der Waals surface area contributed by atoms with Gasteiger partial charge in [-0.2, -0.15) is 8.42 Å². The number of amidine groups is 1. The molecule has 2 aliphatic heterocycles. The number of nitrogens with two attached hydrogens (primary N) is 1. The van der Waals surface area contributed by atoms with Crippen LogP contribution in [-0.4, -0.2) is 44.3 Å². The Morgan fingerprint density at radius 3 is 2.76 bits per heavy atom.